The summed E-state index contributed by atoms with van der Waals surface area (Å²) in [5.41, 5.74) is 3.30. The summed E-state index contributed by atoms with van der Waals surface area (Å²) < 4.78 is 5.18. The molecule has 0 radical (unpaired) electrons. The summed E-state index contributed by atoms with van der Waals surface area (Å²) in [6.07, 6.45) is 0. The van der Waals surface area contributed by atoms with Gasteiger partial charge in [0.25, 0.3) is 0 Å². The summed E-state index contributed by atoms with van der Waals surface area (Å²) in [4.78, 5) is 0. The molecule has 0 unspecified atom stereocenters. The molecule has 2 aromatic rings. The molecular weight excluding hydrogens is 255 g/mol. The van der Waals surface area contributed by atoms with Crippen LogP contribution in [0.1, 0.15) is 5.56 Å². The standard InChI is InChI=1S/C14H12Cl2O/c1-17-9-11-8-13(16)6-7-14(11)10-2-4-12(15)5-3-10/h2-8H,9H2,1H3. The van der Waals surface area contributed by atoms with Crippen molar-refractivity contribution in [1.82, 2.24) is 0 Å². The molecule has 0 spiro atoms. The van der Waals surface area contributed by atoms with Gasteiger partial charge in [0.15, 0.2) is 0 Å². The van der Waals surface area contributed by atoms with Gasteiger partial charge in [0.1, 0.15) is 0 Å². The van der Waals surface area contributed by atoms with Gasteiger partial charge >= 0.3 is 0 Å². The highest BCUT2D eigenvalue weighted by molar-refractivity contribution is 6.31. The van der Waals surface area contributed by atoms with Crippen molar-refractivity contribution in [2.75, 3.05) is 7.11 Å². The van der Waals surface area contributed by atoms with Gasteiger partial charge in [-0.3, -0.25) is 0 Å². The third-order valence-corrected chi connectivity index (χ3v) is 3.01. The van der Waals surface area contributed by atoms with Gasteiger partial charge in [-0.25, -0.2) is 0 Å². The second kappa shape index (κ2) is 5.54. The van der Waals surface area contributed by atoms with E-state index < -0.39 is 0 Å². The first kappa shape index (κ1) is 12.4. The van der Waals surface area contributed by atoms with E-state index in [9.17, 15) is 0 Å². The average Bonchev–Trinajstić information content (AvgIpc) is 2.31. The van der Waals surface area contributed by atoms with Crippen molar-refractivity contribution in [3.8, 4) is 11.1 Å². The van der Waals surface area contributed by atoms with Gasteiger partial charge in [0.05, 0.1) is 6.61 Å². The zero-order valence-electron chi connectivity index (χ0n) is 9.41. The molecule has 0 bridgehead atoms. The molecule has 1 nitrogen and oxygen atoms in total. The van der Waals surface area contributed by atoms with Crippen LogP contribution in [0.25, 0.3) is 11.1 Å². The Hall–Kier alpha value is -1.02. The summed E-state index contributed by atoms with van der Waals surface area (Å²) >= 11 is 11.9. The predicted octanol–water partition coefficient (Wildman–Crippen LogP) is 4.81. The fourth-order valence-electron chi connectivity index (χ4n) is 1.75. The lowest BCUT2D eigenvalue weighted by Crippen LogP contribution is -1.92. The first-order valence-electron chi connectivity index (χ1n) is 5.24. The molecule has 0 saturated carbocycles. The van der Waals surface area contributed by atoms with Crippen LogP contribution in [0.15, 0.2) is 42.5 Å². The molecule has 0 aromatic heterocycles. The van der Waals surface area contributed by atoms with Crippen molar-refractivity contribution in [2.24, 2.45) is 0 Å². The number of rotatable bonds is 3. The molecule has 0 aliphatic carbocycles. The van der Waals surface area contributed by atoms with E-state index in [0.717, 1.165) is 26.7 Å². The van der Waals surface area contributed by atoms with E-state index in [0.29, 0.717) is 6.61 Å². The number of benzene rings is 2. The quantitative estimate of drug-likeness (QED) is 0.775. The maximum absolute atomic E-state index is 5.99. The maximum Gasteiger partial charge on any atom is 0.0719 e. The van der Waals surface area contributed by atoms with Crippen LogP contribution in [0.5, 0.6) is 0 Å². The van der Waals surface area contributed by atoms with Crippen molar-refractivity contribution in [3.05, 3.63) is 58.1 Å². The zero-order chi connectivity index (χ0) is 12.3. The molecule has 0 amide bonds. The van der Waals surface area contributed by atoms with Crippen LogP contribution in [0.3, 0.4) is 0 Å². The monoisotopic (exact) mass is 266 g/mol. The molecule has 88 valence electrons. The van der Waals surface area contributed by atoms with Crippen molar-refractivity contribution in [3.63, 3.8) is 0 Å². The lowest BCUT2D eigenvalue weighted by molar-refractivity contribution is 0.185. The summed E-state index contributed by atoms with van der Waals surface area (Å²) in [6, 6.07) is 13.5. The van der Waals surface area contributed by atoms with Crippen LogP contribution < -0.4 is 0 Å². The van der Waals surface area contributed by atoms with Crippen LogP contribution in [0.4, 0.5) is 0 Å². The first-order chi connectivity index (χ1) is 8.20. The van der Waals surface area contributed by atoms with Crippen molar-refractivity contribution < 1.29 is 4.74 Å². The Balaban J connectivity index is 2.46. The Labute approximate surface area is 111 Å². The maximum atomic E-state index is 5.99. The third kappa shape index (κ3) is 3.01. The van der Waals surface area contributed by atoms with E-state index in [1.807, 2.05) is 42.5 Å². The minimum atomic E-state index is 0.540. The van der Waals surface area contributed by atoms with E-state index in [-0.39, 0.29) is 0 Å². The minimum Gasteiger partial charge on any atom is -0.380 e. The normalized spacial score (nSPS) is 10.5. The highest BCUT2D eigenvalue weighted by Gasteiger charge is 2.05. The number of ether oxygens (including phenoxy) is 1. The lowest BCUT2D eigenvalue weighted by atomic mass is 10.0. The second-order valence-electron chi connectivity index (χ2n) is 3.74. The Bertz CT molecular complexity index is 506. The summed E-state index contributed by atoms with van der Waals surface area (Å²) in [5, 5.41) is 1.45. The van der Waals surface area contributed by atoms with Crippen molar-refractivity contribution in [1.29, 1.82) is 0 Å². The van der Waals surface area contributed by atoms with Gasteiger partial charge < -0.3 is 4.74 Å². The molecule has 0 aliphatic rings. The molecule has 0 fully saturated rings. The Kier molecular flexibility index (Phi) is 4.06. The molecule has 3 heteroatoms. The lowest BCUT2D eigenvalue weighted by Gasteiger charge is -2.09. The number of methoxy groups -OCH3 is 1. The van der Waals surface area contributed by atoms with E-state index in [1.165, 1.54) is 0 Å². The molecule has 0 N–H and O–H groups in total. The van der Waals surface area contributed by atoms with Gasteiger partial charge in [0.2, 0.25) is 0 Å². The van der Waals surface area contributed by atoms with Gasteiger partial charge in [-0.05, 0) is 41.0 Å². The van der Waals surface area contributed by atoms with Crippen LogP contribution in [0.2, 0.25) is 10.0 Å². The van der Waals surface area contributed by atoms with Gasteiger partial charge in [0, 0.05) is 17.2 Å². The van der Waals surface area contributed by atoms with Crippen molar-refractivity contribution in [2.45, 2.75) is 6.61 Å². The SMILES string of the molecule is COCc1cc(Cl)ccc1-c1ccc(Cl)cc1. The fourth-order valence-corrected chi connectivity index (χ4v) is 2.07. The molecule has 2 rings (SSSR count). The highest BCUT2D eigenvalue weighted by atomic mass is 35.5. The van der Waals surface area contributed by atoms with Crippen molar-refractivity contribution >= 4 is 23.2 Å². The first-order valence-corrected chi connectivity index (χ1v) is 5.99. The third-order valence-electron chi connectivity index (χ3n) is 2.52. The molecule has 0 atom stereocenters. The highest BCUT2D eigenvalue weighted by Crippen LogP contribution is 2.28. The van der Waals surface area contributed by atoms with Crippen LogP contribution in [-0.4, -0.2) is 7.11 Å². The summed E-state index contributed by atoms with van der Waals surface area (Å²) in [6.45, 7) is 0.540. The largest absolute Gasteiger partial charge is 0.380 e. The van der Waals surface area contributed by atoms with E-state index in [1.54, 1.807) is 7.11 Å². The average molecular weight is 267 g/mol. The predicted molar refractivity (Wildman–Crippen MR) is 72.6 cm³/mol. The summed E-state index contributed by atoms with van der Waals surface area (Å²) in [5.74, 6) is 0. The Morgan fingerprint density at radius 2 is 1.59 bits per heavy atom. The second-order valence-corrected chi connectivity index (χ2v) is 4.61. The molecule has 0 saturated heterocycles. The fraction of sp³-hybridized carbons (Fsp3) is 0.143. The van der Waals surface area contributed by atoms with Crippen LogP contribution in [-0.2, 0) is 11.3 Å². The van der Waals surface area contributed by atoms with Crippen LogP contribution >= 0.6 is 23.2 Å². The smallest absolute Gasteiger partial charge is 0.0719 e. The number of halogens is 2. The topological polar surface area (TPSA) is 9.23 Å². The zero-order valence-corrected chi connectivity index (χ0v) is 10.9. The van der Waals surface area contributed by atoms with Gasteiger partial charge in [-0.1, -0.05) is 41.4 Å². The number of hydrogen-bond acceptors (Lipinski definition) is 1. The van der Waals surface area contributed by atoms with Crippen LogP contribution in [0, 0.1) is 0 Å². The molecule has 0 aliphatic heterocycles. The summed E-state index contributed by atoms with van der Waals surface area (Å²) in [7, 11) is 1.67. The van der Waals surface area contributed by atoms with Gasteiger partial charge in [-0.15, -0.1) is 0 Å². The van der Waals surface area contributed by atoms with E-state index in [4.69, 9.17) is 27.9 Å². The molecule has 0 heterocycles. The minimum absolute atomic E-state index is 0.540. The molecule has 2 aromatic carbocycles. The number of hydrogen-bond donors (Lipinski definition) is 0. The molecule has 17 heavy (non-hydrogen) atoms. The Morgan fingerprint density at radius 1 is 0.941 bits per heavy atom. The Morgan fingerprint density at radius 3 is 2.24 bits per heavy atom. The van der Waals surface area contributed by atoms with E-state index >= 15 is 0 Å². The molecular formula is C14H12Cl2O. The van der Waals surface area contributed by atoms with Gasteiger partial charge in [-0.2, -0.15) is 0 Å². The van der Waals surface area contributed by atoms with E-state index in [2.05, 4.69) is 0 Å².